The number of ether oxygens (including phenoxy) is 9. The molecule has 4 saturated heterocycles. The highest BCUT2D eigenvalue weighted by Crippen LogP contribution is 2.41. The van der Waals surface area contributed by atoms with Crippen LogP contribution in [-0.4, -0.2) is 215 Å². The molecule has 20 atom stereocenters. The first-order valence-corrected chi connectivity index (χ1v) is 20.3. The zero-order valence-electron chi connectivity index (χ0n) is 34.6. The third-order valence-corrected chi connectivity index (χ3v) is 11.7. The lowest BCUT2D eigenvalue weighted by atomic mass is 9.97. The molecule has 1 aromatic heterocycles. The van der Waals surface area contributed by atoms with Crippen molar-refractivity contribution < 1.29 is 119 Å². The summed E-state index contributed by atoms with van der Waals surface area (Å²) in [7, 11) is 1.22. The molecule has 0 radical (unpaired) electrons. The van der Waals surface area contributed by atoms with Gasteiger partial charge in [-0.2, -0.15) is 0 Å². The molecule has 0 saturated carbocycles. The van der Waals surface area contributed by atoms with Gasteiger partial charge in [0.1, 0.15) is 102 Å². The van der Waals surface area contributed by atoms with Crippen molar-refractivity contribution in [3.8, 4) is 40.1 Å². The Morgan fingerprint density at radius 2 is 1.18 bits per heavy atom. The number of aliphatic hydroxyl groups is 12. The number of fused-ring (bicyclic) bond motifs is 1. The van der Waals surface area contributed by atoms with Gasteiger partial charge in [0.2, 0.25) is 23.8 Å². The molecule has 25 heteroatoms. The number of benzene rings is 2. The van der Waals surface area contributed by atoms with Crippen LogP contribution < -0.4 is 19.6 Å². The number of hydrogen-bond acceptors (Lipinski definition) is 25. The Labute approximate surface area is 366 Å². The number of aliphatic hydroxyl groups excluding tert-OH is 12. The van der Waals surface area contributed by atoms with E-state index in [0.717, 1.165) is 18.2 Å². The summed E-state index contributed by atoms with van der Waals surface area (Å²) in [5.41, 5.74) is -1.62. The van der Waals surface area contributed by atoms with Gasteiger partial charge in [0, 0.05) is 17.7 Å². The molecular formula is C40H52O25. The summed E-state index contributed by atoms with van der Waals surface area (Å²) in [6, 6.07) is 5.60. The van der Waals surface area contributed by atoms with Gasteiger partial charge in [-0.3, -0.25) is 4.79 Å². The molecule has 2 aromatic carbocycles. The van der Waals surface area contributed by atoms with Crippen LogP contribution in [-0.2, 0) is 28.4 Å². The van der Waals surface area contributed by atoms with E-state index in [4.69, 9.17) is 47.0 Å². The highest BCUT2D eigenvalue weighted by atomic mass is 16.8. The molecule has 3 aromatic rings. The molecule has 25 nitrogen and oxygen atoms in total. The monoisotopic (exact) mass is 932 g/mol. The fraction of sp³-hybridized carbons (Fsp3) is 0.625. The van der Waals surface area contributed by atoms with Gasteiger partial charge < -0.3 is 119 Å². The maximum Gasteiger partial charge on any atom is 0.239 e. The Morgan fingerprint density at radius 3 is 1.83 bits per heavy atom. The molecule has 4 aliphatic heterocycles. The van der Waals surface area contributed by atoms with Crippen LogP contribution >= 0.6 is 0 Å². The van der Waals surface area contributed by atoms with Gasteiger partial charge in [0.15, 0.2) is 35.9 Å². The second-order valence-electron chi connectivity index (χ2n) is 16.0. The standard InChI is InChI=1S/C40H52O25/c1-11-22(44)27(49)31(53)37(58-11)57-10-20-25(47)30(52)36(65-38-32(54)28(50)23(45)12(2)59-38)40(63-20)64-35-26(48)21-16(43)7-14(60-39-33(55)29(51)24(46)19(9-41)62-39)8-18(21)61-34(35)13-4-5-15(42)17(6-13)56-3/h4-8,11-12,19-20,22-25,27-33,36-47,49-55H,9-10H2,1-3H3/t11-,12-,19+,20+,22-,23-,24+,25+,27+,28+,29-,30-,31+,32+,33+,36+,37+,38-,39+,40-/m0/s1. The topological polar surface area (TPSA) is 397 Å². The van der Waals surface area contributed by atoms with Crippen LogP contribution in [0, 0.1) is 0 Å². The minimum absolute atomic E-state index is 0.0441. The fourth-order valence-corrected chi connectivity index (χ4v) is 7.76. The number of rotatable bonds is 12. The lowest BCUT2D eigenvalue weighted by Crippen LogP contribution is -2.65. The van der Waals surface area contributed by atoms with Gasteiger partial charge in [0.25, 0.3) is 0 Å². The zero-order chi connectivity index (χ0) is 47.3. The first-order valence-electron chi connectivity index (χ1n) is 20.3. The van der Waals surface area contributed by atoms with Crippen molar-refractivity contribution in [3.05, 3.63) is 40.6 Å². The summed E-state index contributed by atoms with van der Waals surface area (Å²) < 4.78 is 57.2. The molecule has 0 unspecified atom stereocenters. The smallest absolute Gasteiger partial charge is 0.239 e. The second kappa shape index (κ2) is 19.6. The number of phenolic OH excluding ortho intramolecular Hbond substituents is 2. The van der Waals surface area contributed by atoms with Gasteiger partial charge in [-0.25, -0.2) is 0 Å². The molecule has 5 heterocycles. The number of hydrogen-bond donors (Lipinski definition) is 14. The van der Waals surface area contributed by atoms with Crippen LogP contribution in [0.25, 0.3) is 22.3 Å². The van der Waals surface area contributed by atoms with Crippen LogP contribution in [0.1, 0.15) is 13.8 Å². The van der Waals surface area contributed by atoms with Crippen molar-refractivity contribution in [2.45, 2.75) is 137 Å². The first kappa shape index (κ1) is 48.9. The van der Waals surface area contributed by atoms with E-state index >= 15 is 0 Å². The largest absolute Gasteiger partial charge is 0.507 e. The van der Waals surface area contributed by atoms with E-state index in [1.54, 1.807) is 0 Å². The summed E-state index contributed by atoms with van der Waals surface area (Å²) in [6.07, 6.45) is -34.3. The predicted octanol–water partition coefficient (Wildman–Crippen LogP) is -5.06. The van der Waals surface area contributed by atoms with Crippen molar-refractivity contribution >= 4 is 11.0 Å². The lowest BCUT2D eigenvalue weighted by Gasteiger charge is -2.46. The van der Waals surface area contributed by atoms with E-state index in [-0.39, 0.29) is 22.8 Å². The summed E-state index contributed by atoms with van der Waals surface area (Å²) in [5.74, 6) is -2.93. The third-order valence-electron chi connectivity index (χ3n) is 11.7. The van der Waals surface area contributed by atoms with E-state index in [9.17, 15) is 76.3 Å². The number of methoxy groups -OCH3 is 1. The molecule has 0 spiro atoms. The van der Waals surface area contributed by atoms with Crippen LogP contribution in [0.15, 0.2) is 39.5 Å². The van der Waals surface area contributed by atoms with Gasteiger partial charge in [-0.05, 0) is 32.0 Å². The van der Waals surface area contributed by atoms with Crippen molar-refractivity contribution in [1.82, 2.24) is 0 Å². The van der Waals surface area contributed by atoms with E-state index in [2.05, 4.69) is 0 Å². The van der Waals surface area contributed by atoms with E-state index in [0.29, 0.717) is 0 Å². The SMILES string of the molecule is COc1cc(-c2oc3cc(O[C@@H]4O[C@H](CO)[C@@H](O)[C@H](O)[C@H]4O)cc(O)c3c(=O)c2O[C@@H]2O[C@H](CO[C@@H]3O[C@@H](C)[C@H](O)[C@@H](O)[C@H]3O)[C@@H](O)[C@H](O)[C@H]2O[C@@H]2O[C@@H](C)[C@H](O)[C@@H](O)[C@H]2O)ccc1O. The molecule has 7 rings (SSSR count). The Kier molecular flexibility index (Phi) is 14.8. The average molecular weight is 933 g/mol. The number of phenols is 2. The van der Waals surface area contributed by atoms with Crippen LogP contribution in [0.5, 0.6) is 28.7 Å². The minimum Gasteiger partial charge on any atom is -0.507 e. The molecule has 4 fully saturated rings. The Hall–Kier alpha value is -4.07. The average Bonchev–Trinajstić information content (AvgIpc) is 3.28. The first-order chi connectivity index (χ1) is 30.7. The molecule has 4 aliphatic rings. The fourth-order valence-electron chi connectivity index (χ4n) is 7.76. The molecule has 0 amide bonds. The second-order valence-corrected chi connectivity index (χ2v) is 16.0. The van der Waals surface area contributed by atoms with Gasteiger partial charge in [-0.15, -0.1) is 0 Å². The summed E-state index contributed by atoms with van der Waals surface area (Å²) in [4.78, 5) is 14.6. The highest BCUT2D eigenvalue weighted by Gasteiger charge is 2.52. The Morgan fingerprint density at radius 1 is 0.600 bits per heavy atom. The maximum atomic E-state index is 14.6. The molecule has 362 valence electrons. The van der Waals surface area contributed by atoms with Crippen molar-refractivity contribution in [2.75, 3.05) is 20.3 Å². The predicted molar refractivity (Wildman–Crippen MR) is 209 cm³/mol. The maximum absolute atomic E-state index is 14.6. The Bertz CT molecular complexity index is 2170. The van der Waals surface area contributed by atoms with Crippen molar-refractivity contribution in [3.63, 3.8) is 0 Å². The van der Waals surface area contributed by atoms with Gasteiger partial charge >= 0.3 is 0 Å². The zero-order valence-corrected chi connectivity index (χ0v) is 34.6. The molecule has 14 N–H and O–H groups in total. The van der Waals surface area contributed by atoms with Gasteiger partial charge in [-0.1, -0.05) is 0 Å². The third kappa shape index (κ3) is 9.44. The molecular weight excluding hydrogens is 880 g/mol. The summed E-state index contributed by atoms with van der Waals surface area (Å²) in [6.45, 7) is 1.21. The quantitative estimate of drug-likeness (QED) is 0.0808. The molecule has 65 heavy (non-hydrogen) atoms. The van der Waals surface area contributed by atoms with Crippen molar-refractivity contribution in [2.24, 2.45) is 0 Å². The number of aromatic hydroxyl groups is 2. The summed E-state index contributed by atoms with van der Waals surface area (Å²) in [5, 5.41) is 147. The van der Waals surface area contributed by atoms with E-state index < -0.39 is 170 Å². The minimum atomic E-state index is -2.10. The van der Waals surface area contributed by atoms with Crippen molar-refractivity contribution in [1.29, 1.82) is 0 Å². The van der Waals surface area contributed by atoms with E-state index in [1.165, 1.54) is 33.1 Å². The molecule has 0 bridgehead atoms. The van der Waals surface area contributed by atoms with Crippen LogP contribution in [0.4, 0.5) is 0 Å². The highest BCUT2D eigenvalue weighted by molar-refractivity contribution is 5.88. The molecule has 0 aliphatic carbocycles. The van der Waals surface area contributed by atoms with Gasteiger partial charge in [0.05, 0.1) is 32.5 Å². The van der Waals surface area contributed by atoms with Crippen LogP contribution in [0.3, 0.4) is 0 Å². The van der Waals surface area contributed by atoms with Crippen LogP contribution in [0.2, 0.25) is 0 Å². The Balaban J connectivity index is 1.29. The lowest BCUT2D eigenvalue weighted by molar-refractivity contribution is -0.360. The van der Waals surface area contributed by atoms with E-state index in [1.807, 2.05) is 0 Å². The normalized spacial score (nSPS) is 40.1. The summed E-state index contributed by atoms with van der Waals surface area (Å²) >= 11 is 0.